The summed E-state index contributed by atoms with van der Waals surface area (Å²) in [5.41, 5.74) is 3.44. The lowest BCUT2D eigenvalue weighted by atomic mass is 9.99. The van der Waals surface area contributed by atoms with Crippen molar-refractivity contribution in [3.05, 3.63) is 124 Å². The van der Waals surface area contributed by atoms with Crippen LogP contribution >= 0.6 is 23.1 Å². The van der Waals surface area contributed by atoms with Crippen LogP contribution in [0.15, 0.2) is 102 Å². The number of nitrogens with zero attached hydrogens (tertiary/aromatic N) is 2. The molecule has 0 spiro atoms. The molecular formula is C36H34N4O7S2. The van der Waals surface area contributed by atoms with Crippen LogP contribution in [0, 0.1) is 0 Å². The molecule has 3 N–H and O–H groups in total. The zero-order chi connectivity index (χ0) is 34.7. The number of fused-ring (bicyclic) bond motifs is 1. The number of hydrogen-bond donors (Lipinski definition) is 3. The summed E-state index contributed by atoms with van der Waals surface area (Å²) in [4.78, 5) is 60.9. The fourth-order valence-corrected chi connectivity index (χ4v) is 7.66. The zero-order valence-corrected chi connectivity index (χ0v) is 28.5. The van der Waals surface area contributed by atoms with Gasteiger partial charge in [0, 0.05) is 17.5 Å². The molecule has 2 aliphatic rings. The number of rotatable bonds is 9. The van der Waals surface area contributed by atoms with Gasteiger partial charge in [0.1, 0.15) is 34.5 Å². The lowest BCUT2D eigenvalue weighted by Crippen LogP contribution is -2.71. The van der Waals surface area contributed by atoms with Crippen molar-refractivity contribution in [1.82, 2.24) is 20.5 Å². The Kier molecular flexibility index (Phi) is 9.74. The van der Waals surface area contributed by atoms with Gasteiger partial charge in [0.15, 0.2) is 6.10 Å². The maximum atomic E-state index is 14.2. The van der Waals surface area contributed by atoms with Gasteiger partial charge in [0.2, 0.25) is 5.91 Å². The number of β-lactam (4-membered cyclic amide) rings is 1. The fourth-order valence-electron chi connectivity index (χ4n) is 5.54. The Labute approximate surface area is 291 Å². The van der Waals surface area contributed by atoms with Gasteiger partial charge in [-0.1, -0.05) is 72.8 Å². The number of carbonyl (C=O) groups is 4. The normalized spacial score (nSPS) is 17.9. The molecule has 13 heteroatoms. The molecule has 3 atom stereocenters. The topological polar surface area (TPSA) is 147 Å². The minimum atomic E-state index is -1.24. The summed E-state index contributed by atoms with van der Waals surface area (Å²) in [6.07, 6.45) is 0.0756. The van der Waals surface area contributed by atoms with Crippen LogP contribution in [0.1, 0.15) is 54.5 Å². The number of benzene rings is 3. The van der Waals surface area contributed by atoms with E-state index in [-0.39, 0.29) is 11.4 Å². The first-order valence-corrected chi connectivity index (χ1v) is 17.4. The third-order valence-electron chi connectivity index (χ3n) is 7.77. The van der Waals surface area contributed by atoms with Crippen molar-refractivity contribution in [2.24, 2.45) is 0 Å². The van der Waals surface area contributed by atoms with Crippen molar-refractivity contribution in [3.8, 4) is 5.75 Å². The number of thioether (sulfide) groups is 1. The second-order valence-corrected chi connectivity index (χ2v) is 14.4. The van der Waals surface area contributed by atoms with E-state index in [0.29, 0.717) is 16.9 Å². The van der Waals surface area contributed by atoms with E-state index in [2.05, 4.69) is 15.6 Å². The van der Waals surface area contributed by atoms with Gasteiger partial charge >= 0.3 is 12.1 Å². The van der Waals surface area contributed by atoms with E-state index in [4.69, 9.17) is 9.47 Å². The van der Waals surface area contributed by atoms with E-state index < -0.39 is 53.0 Å². The number of thiazole rings is 1. The van der Waals surface area contributed by atoms with Gasteiger partial charge in [0.05, 0.1) is 10.4 Å². The van der Waals surface area contributed by atoms with Crippen LogP contribution in [0.5, 0.6) is 5.75 Å². The number of amides is 3. The third kappa shape index (κ3) is 7.47. The largest absolute Gasteiger partial charge is 0.508 e. The number of ether oxygens (including phenoxy) is 2. The van der Waals surface area contributed by atoms with Gasteiger partial charge in [-0.05, 0) is 49.6 Å². The molecule has 11 nitrogen and oxygen atoms in total. The molecule has 3 aromatic carbocycles. The number of nitrogens with one attached hydrogen (secondary N) is 2. The number of esters is 1. The molecular weight excluding hydrogens is 665 g/mol. The van der Waals surface area contributed by atoms with Crippen LogP contribution in [0.25, 0.3) is 5.57 Å². The first kappa shape index (κ1) is 33.7. The third-order valence-corrected chi connectivity index (χ3v) is 9.88. The van der Waals surface area contributed by atoms with E-state index >= 15 is 0 Å². The van der Waals surface area contributed by atoms with Crippen molar-refractivity contribution in [1.29, 1.82) is 0 Å². The van der Waals surface area contributed by atoms with E-state index in [0.717, 1.165) is 16.0 Å². The van der Waals surface area contributed by atoms with E-state index in [1.54, 1.807) is 32.5 Å². The molecule has 0 radical (unpaired) electrons. The van der Waals surface area contributed by atoms with Gasteiger partial charge in [-0.2, -0.15) is 0 Å². The predicted octanol–water partition coefficient (Wildman–Crippen LogP) is 5.56. The molecule has 0 saturated carbocycles. The quantitative estimate of drug-likeness (QED) is 0.151. The summed E-state index contributed by atoms with van der Waals surface area (Å²) in [7, 11) is 0. The average molecular weight is 699 g/mol. The Morgan fingerprint density at radius 2 is 1.57 bits per heavy atom. The molecule has 252 valence electrons. The Hall–Kier alpha value is -5.14. The van der Waals surface area contributed by atoms with E-state index in [1.165, 1.54) is 52.3 Å². The Bertz CT molecular complexity index is 1820. The highest BCUT2D eigenvalue weighted by Crippen LogP contribution is 2.45. The van der Waals surface area contributed by atoms with Crippen molar-refractivity contribution >= 4 is 52.5 Å². The molecule has 3 heterocycles. The SMILES string of the molecule is CC(C)(C)OC(=O)N[C@@H](C(=O)NC1C(=O)N2C(C(=O)OC(c3ccccc3)c3ccccc3)=C(c3cncs3)CSC12)c1ccc(O)cc1. The van der Waals surface area contributed by atoms with Crippen molar-refractivity contribution < 1.29 is 33.8 Å². The van der Waals surface area contributed by atoms with Gasteiger partial charge in [-0.25, -0.2) is 9.59 Å². The molecule has 1 aromatic heterocycles. The molecule has 6 rings (SSSR count). The number of hydrogen-bond acceptors (Lipinski definition) is 10. The van der Waals surface area contributed by atoms with Crippen LogP contribution < -0.4 is 10.6 Å². The van der Waals surface area contributed by atoms with Crippen molar-refractivity contribution in [3.63, 3.8) is 0 Å². The monoisotopic (exact) mass is 698 g/mol. The lowest BCUT2D eigenvalue weighted by Gasteiger charge is -2.50. The van der Waals surface area contributed by atoms with Crippen molar-refractivity contribution in [2.75, 3.05) is 5.75 Å². The first-order valence-electron chi connectivity index (χ1n) is 15.5. The molecule has 2 unspecified atom stereocenters. The van der Waals surface area contributed by atoms with Gasteiger partial charge in [-0.15, -0.1) is 23.1 Å². The second-order valence-electron chi connectivity index (χ2n) is 12.4. The highest BCUT2D eigenvalue weighted by molar-refractivity contribution is 8.00. The second kappa shape index (κ2) is 14.1. The van der Waals surface area contributed by atoms with E-state index in [9.17, 15) is 24.3 Å². The Morgan fingerprint density at radius 3 is 2.14 bits per heavy atom. The molecule has 3 amide bonds. The van der Waals surface area contributed by atoms with Crippen LogP contribution in [-0.4, -0.2) is 61.6 Å². The summed E-state index contributed by atoms with van der Waals surface area (Å²) in [5.74, 6) is -1.51. The van der Waals surface area contributed by atoms with Gasteiger partial charge in [0.25, 0.3) is 5.91 Å². The Morgan fingerprint density at radius 1 is 0.939 bits per heavy atom. The average Bonchev–Trinajstić information content (AvgIpc) is 3.63. The van der Waals surface area contributed by atoms with E-state index in [1.807, 2.05) is 60.7 Å². The molecule has 1 fully saturated rings. The van der Waals surface area contributed by atoms with Crippen molar-refractivity contribution in [2.45, 2.75) is 49.9 Å². The smallest absolute Gasteiger partial charge is 0.408 e. The zero-order valence-electron chi connectivity index (χ0n) is 26.9. The van der Waals surface area contributed by atoms with Crippen LogP contribution in [0.4, 0.5) is 4.79 Å². The summed E-state index contributed by atoms with van der Waals surface area (Å²) in [5, 5.41) is 14.5. The highest BCUT2D eigenvalue weighted by Gasteiger charge is 2.55. The first-order chi connectivity index (χ1) is 23.5. The van der Waals surface area contributed by atoms with Gasteiger partial charge in [-0.3, -0.25) is 19.5 Å². The summed E-state index contributed by atoms with van der Waals surface area (Å²) >= 11 is 2.74. The highest BCUT2D eigenvalue weighted by atomic mass is 32.2. The molecule has 1 saturated heterocycles. The van der Waals surface area contributed by atoms with Crippen LogP contribution in [0.2, 0.25) is 0 Å². The maximum absolute atomic E-state index is 14.2. The number of aromatic hydroxyl groups is 1. The minimum absolute atomic E-state index is 0.0201. The molecule has 2 aliphatic heterocycles. The summed E-state index contributed by atoms with van der Waals surface area (Å²) in [6, 6.07) is 22.2. The molecule has 4 aromatic rings. The predicted molar refractivity (Wildman–Crippen MR) is 185 cm³/mol. The van der Waals surface area contributed by atoms with Crippen LogP contribution in [0.3, 0.4) is 0 Å². The minimum Gasteiger partial charge on any atom is -0.508 e. The maximum Gasteiger partial charge on any atom is 0.408 e. The molecule has 0 bridgehead atoms. The number of alkyl carbamates (subject to hydrolysis) is 1. The summed E-state index contributed by atoms with van der Waals surface area (Å²) < 4.78 is 11.6. The molecule has 49 heavy (non-hydrogen) atoms. The fraction of sp³-hybridized carbons (Fsp3) is 0.250. The Balaban J connectivity index is 1.27. The number of phenolic OH excluding ortho intramolecular Hbond substituents is 1. The molecule has 0 aliphatic carbocycles. The summed E-state index contributed by atoms with van der Waals surface area (Å²) in [6.45, 7) is 5.09. The number of carbonyl (C=O) groups excluding carboxylic acids is 4. The number of phenols is 1. The standard InChI is InChI=1S/C36H34N4O7S2/c1-36(2,3)47-35(45)39-27(21-14-16-24(41)17-15-21)31(42)38-28-32(43)40-29(25(19-48-33(28)40)26-18-37-20-49-26)34(44)46-30(22-10-6-4-7-11-22)23-12-8-5-9-13-23/h4-18,20,27-28,30,33,41H,19H2,1-3H3,(H,38,42)(H,39,45)/t27-,28?,33?/m1/s1. The van der Waals surface area contributed by atoms with Gasteiger partial charge < -0.3 is 25.2 Å². The lowest BCUT2D eigenvalue weighted by molar-refractivity contribution is -0.154. The van der Waals surface area contributed by atoms with Crippen LogP contribution in [-0.2, 0) is 23.9 Å². The number of aromatic nitrogens is 1.